The van der Waals surface area contributed by atoms with Crippen LogP contribution in [0.4, 0.5) is 0 Å². The highest BCUT2D eigenvalue weighted by molar-refractivity contribution is 5.30. The summed E-state index contributed by atoms with van der Waals surface area (Å²) < 4.78 is 5.68. The van der Waals surface area contributed by atoms with E-state index in [4.69, 9.17) is 0 Å². The van der Waals surface area contributed by atoms with E-state index in [-0.39, 0.29) is 0 Å². The van der Waals surface area contributed by atoms with Crippen molar-refractivity contribution in [2.45, 2.75) is 0 Å². The number of aryl methyl sites for hydroxylation is 1. The van der Waals surface area contributed by atoms with Crippen molar-refractivity contribution >= 4 is 0 Å². The van der Waals surface area contributed by atoms with Gasteiger partial charge in [-0.1, -0.05) is 6.07 Å². The summed E-state index contributed by atoms with van der Waals surface area (Å²) in [7, 11) is 1.98. The van der Waals surface area contributed by atoms with Crippen LogP contribution >= 0.6 is 0 Å². The summed E-state index contributed by atoms with van der Waals surface area (Å²) in [5.74, 6) is 1.68. The fraction of sp³-hybridized carbons (Fsp3) is 0.0833. The minimum Gasteiger partial charge on any atom is -0.239 e. The minimum atomic E-state index is 0.809. The molecule has 3 rings (SSSR count). The second-order valence-electron chi connectivity index (χ2n) is 3.79. The molecule has 5 heteroatoms. The lowest BCUT2D eigenvalue weighted by Gasteiger charge is -2.00. The number of rotatable bonds is 2. The van der Waals surface area contributed by atoms with Gasteiger partial charge in [0.2, 0.25) is 12.1 Å². The number of pyridine rings is 1. The van der Waals surface area contributed by atoms with E-state index in [1.54, 1.807) is 10.9 Å². The van der Waals surface area contributed by atoms with Gasteiger partial charge in [0.1, 0.15) is 12.4 Å². The fourth-order valence-corrected chi connectivity index (χ4v) is 1.67. The van der Waals surface area contributed by atoms with E-state index >= 15 is 0 Å². The first kappa shape index (κ1) is 9.77. The largest absolute Gasteiger partial charge is 0.250 e. The molecule has 0 bridgehead atoms. The molecule has 0 unspecified atom stereocenters. The third kappa shape index (κ3) is 1.82. The van der Waals surface area contributed by atoms with Crippen LogP contribution in [0.5, 0.6) is 0 Å². The Hall–Kier alpha value is -2.43. The molecular formula is C12H12N5+. The molecule has 0 atom stereocenters. The minimum absolute atomic E-state index is 0.809. The van der Waals surface area contributed by atoms with Gasteiger partial charge in [-0.15, -0.1) is 0 Å². The zero-order valence-corrected chi connectivity index (χ0v) is 9.43. The predicted molar refractivity (Wildman–Crippen MR) is 61.9 cm³/mol. The van der Waals surface area contributed by atoms with Gasteiger partial charge in [0, 0.05) is 18.5 Å². The Morgan fingerprint density at radius 1 is 1.12 bits per heavy atom. The van der Waals surface area contributed by atoms with E-state index in [1.165, 1.54) is 0 Å². The summed E-state index contributed by atoms with van der Waals surface area (Å²) in [4.78, 5) is 4.55. The van der Waals surface area contributed by atoms with Gasteiger partial charge in [-0.05, 0) is 12.1 Å². The first-order chi connectivity index (χ1) is 8.33. The van der Waals surface area contributed by atoms with Crippen molar-refractivity contribution in [3.63, 3.8) is 0 Å². The molecule has 0 saturated heterocycles. The van der Waals surface area contributed by atoms with E-state index in [9.17, 15) is 0 Å². The first-order valence-electron chi connectivity index (χ1n) is 5.33. The summed E-state index contributed by atoms with van der Waals surface area (Å²) in [6, 6.07) is 7.75. The van der Waals surface area contributed by atoms with Crippen LogP contribution in [0.25, 0.3) is 11.6 Å². The molecule has 3 aromatic rings. The van der Waals surface area contributed by atoms with Crippen LogP contribution in [0.1, 0.15) is 0 Å². The van der Waals surface area contributed by atoms with Gasteiger partial charge in [0.05, 0.1) is 7.05 Å². The van der Waals surface area contributed by atoms with Gasteiger partial charge in [-0.3, -0.25) is 0 Å². The fourth-order valence-electron chi connectivity index (χ4n) is 1.67. The van der Waals surface area contributed by atoms with Crippen molar-refractivity contribution in [1.29, 1.82) is 0 Å². The van der Waals surface area contributed by atoms with Crippen LogP contribution in [-0.4, -0.2) is 19.3 Å². The van der Waals surface area contributed by atoms with Crippen LogP contribution in [0.2, 0.25) is 0 Å². The SMILES string of the molecule is C[n+]1ccn(-c2cccc(-n3cccn3)n2)c1. The Kier molecular flexibility index (Phi) is 2.22. The Morgan fingerprint density at radius 3 is 2.71 bits per heavy atom. The van der Waals surface area contributed by atoms with Crippen LogP contribution in [0.15, 0.2) is 55.4 Å². The van der Waals surface area contributed by atoms with E-state index in [0.29, 0.717) is 0 Å². The van der Waals surface area contributed by atoms with Crippen LogP contribution in [0, 0.1) is 0 Å². The molecule has 3 heterocycles. The number of hydrogen-bond acceptors (Lipinski definition) is 2. The third-order valence-electron chi connectivity index (χ3n) is 2.49. The number of imidazole rings is 1. The highest BCUT2D eigenvalue weighted by Gasteiger charge is 2.07. The van der Waals surface area contributed by atoms with Gasteiger partial charge in [0.25, 0.3) is 0 Å². The third-order valence-corrected chi connectivity index (χ3v) is 2.49. The predicted octanol–water partition coefficient (Wildman–Crippen LogP) is 0.882. The van der Waals surface area contributed by atoms with Crippen LogP contribution in [0.3, 0.4) is 0 Å². The van der Waals surface area contributed by atoms with Crippen LogP contribution < -0.4 is 4.57 Å². The van der Waals surface area contributed by atoms with Gasteiger partial charge in [-0.2, -0.15) is 14.6 Å². The van der Waals surface area contributed by atoms with Gasteiger partial charge >= 0.3 is 0 Å². The summed E-state index contributed by atoms with van der Waals surface area (Å²) in [6.45, 7) is 0. The molecule has 0 saturated carbocycles. The zero-order chi connectivity index (χ0) is 11.7. The molecule has 5 nitrogen and oxygen atoms in total. The van der Waals surface area contributed by atoms with Crippen molar-refractivity contribution in [1.82, 2.24) is 19.3 Å². The van der Waals surface area contributed by atoms with Gasteiger partial charge in [-0.25, -0.2) is 9.25 Å². The topological polar surface area (TPSA) is 39.5 Å². The lowest BCUT2D eigenvalue weighted by atomic mass is 10.4. The summed E-state index contributed by atoms with van der Waals surface area (Å²) in [5.41, 5.74) is 0. The molecule has 0 aromatic carbocycles. The summed E-state index contributed by atoms with van der Waals surface area (Å²) in [5, 5.41) is 4.17. The van der Waals surface area contributed by atoms with Gasteiger partial charge in [0.15, 0.2) is 5.82 Å². The molecule has 0 aliphatic rings. The average molecular weight is 226 g/mol. The van der Waals surface area contributed by atoms with Crippen molar-refractivity contribution < 1.29 is 4.57 Å². The molecule has 0 spiro atoms. The Morgan fingerprint density at radius 2 is 2.00 bits per heavy atom. The molecular weight excluding hydrogens is 214 g/mol. The Bertz CT molecular complexity index is 624. The molecule has 0 radical (unpaired) electrons. The van der Waals surface area contributed by atoms with E-state index < -0.39 is 0 Å². The molecule has 17 heavy (non-hydrogen) atoms. The van der Waals surface area contributed by atoms with Crippen molar-refractivity contribution in [2.75, 3.05) is 0 Å². The zero-order valence-electron chi connectivity index (χ0n) is 9.43. The lowest BCUT2D eigenvalue weighted by molar-refractivity contribution is -0.670. The van der Waals surface area contributed by atoms with Crippen LogP contribution in [-0.2, 0) is 7.05 Å². The molecule has 0 aliphatic heterocycles. The van der Waals surface area contributed by atoms with Crippen molar-refractivity contribution in [2.24, 2.45) is 7.05 Å². The Labute approximate surface area is 98.6 Å². The lowest BCUT2D eigenvalue weighted by Crippen LogP contribution is -2.23. The monoisotopic (exact) mass is 226 g/mol. The maximum atomic E-state index is 4.55. The maximum absolute atomic E-state index is 4.55. The van der Waals surface area contributed by atoms with E-state index in [1.807, 2.05) is 65.4 Å². The molecule has 84 valence electrons. The molecule has 0 aliphatic carbocycles. The average Bonchev–Trinajstić information content (AvgIpc) is 3.00. The second-order valence-corrected chi connectivity index (χ2v) is 3.79. The summed E-state index contributed by atoms with van der Waals surface area (Å²) in [6.07, 6.45) is 9.53. The molecule has 0 amide bonds. The second kappa shape index (κ2) is 3.86. The Balaban J connectivity index is 2.05. The quantitative estimate of drug-likeness (QED) is 0.609. The molecule has 0 fully saturated rings. The van der Waals surface area contributed by atoms with E-state index in [0.717, 1.165) is 11.6 Å². The number of hydrogen-bond donors (Lipinski definition) is 0. The van der Waals surface area contributed by atoms with Crippen molar-refractivity contribution in [3.8, 4) is 11.6 Å². The summed E-state index contributed by atoms with van der Waals surface area (Å²) >= 11 is 0. The smallest absolute Gasteiger partial charge is 0.239 e. The molecule has 0 N–H and O–H groups in total. The number of nitrogens with zero attached hydrogens (tertiary/aromatic N) is 5. The standard InChI is InChI=1S/C12H12N5/c1-15-8-9-16(10-15)11-4-2-5-12(14-11)17-7-3-6-13-17/h2-10H,1H3/q+1. The maximum Gasteiger partial charge on any atom is 0.250 e. The van der Waals surface area contributed by atoms with Crippen molar-refractivity contribution in [3.05, 3.63) is 55.4 Å². The number of aromatic nitrogens is 5. The molecule has 3 aromatic heterocycles. The van der Waals surface area contributed by atoms with E-state index in [2.05, 4.69) is 10.1 Å². The normalized spacial score (nSPS) is 10.6. The highest BCUT2D eigenvalue weighted by Crippen LogP contribution is 2.07. The highest BCUT2D eigenvalue weighted by atomic mass is 15.3. The van der Waals surface area contributed by atoms with Gasteiger partial charge < -0.3 is 0 Å². The first-order valence-corrected chi connectivity index (χ1v) is 5.33.